The molecule has 16 heteroatoms. The second-order valence-electron chi connectivity index (χ2n) is 12.6. The van der Waals surface area contributed by atoms with Gasteiger partial charge in [0.05, 0.1) is 14.7 Å². The van der Waals surface area contributed by atoms with Crippen LogP contribution in [0.25, 0.3) is 0 Å². The maximum absolute atomic E-state index is 11.1. The second kappa shape index (κ2) is 27.5. The standard InChI is InChI=1S/C36H51O9PS3.3Na/c37-47(38,39)34-22-16-31(17-23-34)13-7-1-4-10-28-46(29-11-5-2-8-14-32-18-24-35(25-19-32)48(40,41)42)30-12-6-3-9-15-33-20-26-36(27-21-33)49(43,44)45;;;/h16-27H,1-15,28-30H2,(H,37,38,39)(H,40,41,42)(H,43,44,45);;;/q;3*+1/p-3. The first kappa shape index (κ1) is 52.8. The van der Waals surface area contributed by atoms with E-state index in [1.54, 1.807) is 36.4 Å². The summed E-state index contributed by atoms with van der Waals surface area (Å²) in [6.07, 6.45) is 19.8. The zero-order valence-corrected chi connectivity index (χ0v) is 40.3. The molecule has 9 nitrogen and oxygen atoms in total. The monoisotopic (exact) mass is 820 g/mol. The molecule has 0 N–H and O–H groups in total. The molecule has 52 heavy (non-hydrogen) atoms. The average Bonchev–Trinajstić information content (AvgIpc) is 3.04. The Morgan fingerprint density at radius 3 is 0.769 bits per heavy atom. The Hall–Kier alpha value is 0.820. The molecule has 0 saturated heterocycles. The molecule has 0 unspecified atom stereocenters. The molecule has 0 radical (unpaired) electrons. The van der Waals surface area contributed by atoms with Crippen LogP contribution in [-0.2, 0) is 49.6 Å². The molecule has 3 aromatic rings. The van der Waals surface area contributed by atoms with Crippen LogP contribution in [0.2, 0.25) is 0 Å². The van der Waals surface area contributed by atoms with Gasteiger partial charge in [0, 0.05) is 0 Å². The van der Waals surface area contributed by atoms with Crippen LogP contribution in [0.1, 0.15) is 93.7 Å². The predicted octanol–water partition coefficient (Wildman–Crippen LogP) is -1.40. The minimum absolute atomic E-state index is 0. The molecule has 0 aliphatic rings. The Morgan fingerprint density at radius 1 is 0.346 bits per heavy atom. The zero-order valence-electron chi connectivity index (χ0n) is 31.0. The average molecular weight is 821 g/mol. The second-order valence-corrected chi connectivity index (χ2v) is 19.5. The molecule has 3 rings (SSSR count). The fraction of sp³-hybridized carbons (Fsp3) is 0.500. The van der Waals surface area contributed by atoms with Crippen molar-refractivity contribution in [2.24, 2.45) is 0 Å². The van der Waals surface area contributed by atoms with Gasteiger partial charge in [-0.1, -0.05) is 74.9 Å². The van der Waals surface area contributed by atoms with Crippen LogP contribution in [0, 0.1) is 0 Å². The van der Waals surface area contributed by atoms with Gasteiger partial charge in [0.2, 0.25) is 0 Å². The molecule has 0 spiro atoms. The molecule has 0 aliphatic heterocycles. The maximum Gasteiger partial charge on any atom is 1.00 e. The Balaban J connectivity index is 0.00000867. The largest absolute Gasteiger partial charge is 1.00 e. The summed E-state index contributed by atoms with van der Waals surface area (Å²) in [6.45, 7) is 0. The van der Waals surface area contributed by atoms with Crippen molar-refractivity contribution >= 4 is 38.3 Å². The Bertz CT molecular complexity index is 1530. The number of hydrogen-bond acceptors (Lipinski definition) is 9. The summed E-state index contributed by atoms with van der Waals surface area (Å²) in [6, 6.07) is 18.6. The van der Waals surface area contributed by atoms with Crippen LogP contribution in [0.3, 0.4) is 0 Å². The number of rotatable bonds is 24. The van der Waals surface area contributed by atoms with E-state index in [-0.39, 0.29) is 111 Å². The van der Waals surface area contributed by atoms with Crippen molar-refractivity contribution < 1.29 is 128 Å². The van der Waals surface area contributed by atoms with E-state index in [0.717, 1.165) is 93.7 Å². The van der Waals surface area contributed by atoms with Crippen molar-refractivity contribution in [1.82, 2.24) is 0 Å². The number of hydrogen-bond donors (Lipinski definition) is 0. The molecular weight excluding hydrogens is 773 g/mol. The first-order valence-corrected chi connectivity index (χ1v) is 23.2. The Kier molecular flexibility index (Phi) is 27.9. The van der Waals surface area contributed by atoms with Crippen LogP contribution < -0.4 is 88.7 Å². The molecule has 0 fully saturated rings. The maximum atomic E-state index is 11.1. The van der Waals surface area contributed by atoms with Crippen LogP contribution in [-0.4, -0.2) is 57.4 Å². The van der Waals surface area contributed by atoms with E-state index in [1.807, 2.05) is 0 Å². The van der Waals surface area contributed by atoms with E-state index in [1.165, 1.54) is 74.1 Å². The van der Waals surface area contributed by atoms with Gasteiger partial charge in [-0.3, -0.25) is 0 Å². The van der Waals surface area contributed by atoms with Gasteiger partial charge in [-0.05, 0) is 129 Å². The Morgan fingerprint density at radius 2 is 0.558 bits per heavy atom. The summed E-state index contributed by atoms with van der Waals surface area (Å²) in [4.78, 5) is -0.579. The van der Waals surface area contributed by atoms with Crippen LogP contribution in [0.5, 0.6) is 0 Å². The predicted molar refractivity (Wildman–Crippen MR) is 191 cm³/mol. The SMILES string of the molecule is O=S(=O)([O-])c1ccc(CCCCCCP(CCCCCCc2ccc(S(=O)(=O)[O-])cc2)CCCCCCc2ccc(S(=O)(=O)[O-])cc2)cc1.[Na+].[Na+].[Na+]. The van der Waals surface area contributed by atoms with Gasteiger partial charge in [-0.25, -0.2) is 25.3 Å². The first-order chi connectivity index (χ1) is 23.2. The zero-order chi connectivity index (χ0) is 35.8. The number of unbranched alkanes of at least 4 members (excludes halogenated alkanes) is 9. The summed E-state index contributed by atoms with van der Waals surface area (Å²) in [5.74, 6) is 0. The van der Waals surface area contributed by atoms with Gasteiger partial charge in [0.1, 0.15) is 30.4 Å². The molecule has 0 atom stereocenters. The van der Waals surface area contributed by atoms with E-state index in [0.29, 0.717) is 0 Å². The minimum Gasteiger partial charge on any atom is -0.744 e. The van der Waals surface area contributed by atoms with Crippen LogP contribution in [0.4, 0.5) is 0 Å². The molecule has 0 aromatic heterocycles. The summed E-state index contributed by atoms with van der Waals surface area (Å²) < 4.78 is 100. The van der Waals surface area contributed by atoms with E-state index in [9.17, 15) is 38.9 Å². The van der Waals surface area contributed by atoms with E-state index >= 15 is 0 Å². The number of benzene rings is 3. The Labute approximate surface area is 380 Å². The van der Waals surface area contributed by atoms with Crippen molar-refractivity contribution in [3.8, 4) is 0 Å². The quantitative estimate of drug-likeness (QED) is 0.0457. The smallest absolute Gasteiger partial charge is 0.744 e. The normalized spacial score (nSPS) is 11.8. The van der Waals surface area contributed by atoms with E-state index in [2.05, 4.69) is 0 Å². The third-order valence-corrected chi connectivity index (χ3v) is 14.1. The van der Waals surface area contributed by atoms with E-state index in [4.69, 9.17) is 0 Å². The topological polar surface area (TPSA) is 172 Å². The molecule has 0 heterocycles. The van der Waals surface area contributed by atoms with Gasteiger partial charge in [-0.15, -0.1) is 7.92 Å². The van der Waals surface area contributed by atoms with Gasteiger partial charge in [-0.2, -0.15) is 0 Å². The van der Waals surface area contributed by atoms with Gasteiger partial charge in [0.15, 0.2) is 0 Å². The molecular formula is C36H48Na3O9PS3. The molecule has 0 saturated carbocycles. The fourth-order valence-electron chi connectivity index (χ4n) is 5.86. The minimum atomic E-state index is -4.42. The third-order valence-electron chi connectivity index (χ3n) is 8.71. The number of aryl methyl sites for hydroxylation is 3. The summed E-state index contributed by atoms with van der Waals surface area (Å²) in [5, 5.41) is 0. The van der Waals surface area contributed by atoms with Crippen LogP contribution >= 0.6 is 7.92 Å². The third kappa shape index (κ3) is 21.9. The fourth-order valence-corrected chi connectivity index (χ4v) is 9.95. The molecule has 0 aliphatic carbocycles. The van der Waals surface area contributed by atoms with Crippen molar-refractivity contribution in [2.45, 2.75) is 111 Å². The van der Waals surface area contributed by atoms with Crippen molar-refractivity contribution in [3.63, 3.8) is 0 Å². The summed E-state index contributed by atoms with van der Waals surface area (Å²) in [7, 11) is -13.3. The van der Waals surface area contributed by atoms with E-state index < -0.39 is 30.4 Å². The molecule has 3 aromatic carbocycles. The molecule has 0 amide bonds. The van der Waals surface area contributed by atoms with Crippen LogP contribution in [0.15, 0.2) is 87.5 Å². The van der Waals surface area contributed by atoms with Crippen molar-refractivity contribution in [2.75, 3.05) is 18.5 Å². The molecule has 272 valence electrons. The van der Waals surface area contributed by atoms with Gasteiger partial charge in [0.25, 0.3) is 0 Å². The van der Waals surface area contributed by atoms with Gasteiger partial charge < -0.3 is 13.7 Å². The first-order valence-electron chi connectivity index (χ1n) is 17.1. The van der Waals surface area contributed by atoms with Gasteiger partial charge >= 0.3 is 88.7 Å². The molecule has 0 bridgehead atoms. The van der Waals surface area contributed by atoms with Crippen molar-refractivity contribution in [1.29, 1.82) is 0 Å². The van der Waals surface area contributed by atoms with Crippen molar-refractivity contribution in [3.05, 3.63) is 89.5 Å². The summed E-state index contributed by atoms with van der Waals surface area (Å²) in [5.41, 5.74) is 3.11. The summed E-state index contributed by atoms with van der Waals surface area (Å²) >= 11 is 0.